The van der Waals surface area contributed by atoms with Crippen LogP contribution in [0.15, 0.2) is 132 Å². The smallest absolute Gasteiger partial charge is 0.145 e. The minimum absolute atomic E-state index is 0.869. The van der Waals surface area contributed by atoms with E-state index in [0.717, 1.165) is 61.2 Å². The molecule has 5 aromatic carbocycles. The average Bonchev–Trinajstić information content (AvgIpc) is 3.55. The van der Waals surface area contributed by atoms with Gasteiger partial charge in [-0.2, -0.15) is 0 Å². The van der Waals surface area contributed by atoms with Crippen LogP contribution in [0, 0.1) is 0 Å². The van der Waals surface area contributed by atoms with Crippen LogP contribution in [-0.2, 0) is 0 Å². The molecule has 0 fully saturated rings. The lowest BCUT2D eigenvalue weighted by Crippen LogP contribution is -1.97. The fraction of sp³-hybridized carbons (Fsp3) is 0. The van der Waals surface area contributed by atoms with Gasteiger partial charge in [-0.05, 0) is 46.7 Å². The molecule has 0 aliphatic carbocycles. The molecule has 3 aromatic heterocycles. The lowest BCUT2D eigenvalue weighted by Gasteiger charge is -2.12. The van der Waals surface area contributed by atoms with Crippen molar-refractivity contribution in [1.29, 1.82) is 0 Å². The molecule has 8 rings (SSSR count). The van der Waals surface area contributed by atoms with Gasteiger partial charge in [0.25, 0.3) is 0 Å². The molecule has 4 heteroatoms. The Morgan fingerprint density at radius 3 is 2.26 bits per heavy atom. The number of para-hydroxylation sites is 1. The van der Waals surface area contributed by atoms with E-state index in [9.17, 15) is 0 Å². The fourth-order valence-corrected chi connectivity index (χ4v) is 5.56. The molecule has 0 saturated carbocycles. The number of benzene rings is 5. The highest BCUT2D eigenvalue weighted by Crippen LogP contribution is 2.41. The summed E-state index contributed by atoms with van der Waals surface area (Å²) < 4.78 is 8.67. The van der Waals surface area contributed by atoms with Crippen molar-refractivity contribution in [1.82, 2.24) is 14.5 Å². The second-order valence-electron chi connectivity index (χ2n) is 9.50. The molecular formula is C34H21N3O. The zero-order valence-electron chi connectivity index (χ0n) is 20.4. The van der Waals surface area contributed by atoms with E-state index < -0.39 is 0 Å². The monoisotopic (exact) mass is 487 g/mol. The highest BCUT2D eigenvalue weighted by molar-refractivity contribution is 6.18. The molecule has 38 heavy (non-hydrogen) atoms. The van der Waals surface area contributed by atoms with Crippen LogP contribution >= 0.6 is 0 Å². The Balaban J connectivity index is 1.36. The quantitative estimate of drug-likeness (QED) is 0.250. The van der Waals surface area contributed by atoms with E-state index in [-0.39, 0.29) is 0 Å². The van der Waals surface area contributed by atoms with Crippen LogP contribution in [0.3, 0.4) is 0 Å². The van der Waals surface area contributed by atoms with Crippen molar-refractivity contribution in [2.24, 2.45) is 0 Å². The summed E-state index contributed by atoms with van der Waals surface area (Å²) in [6.07, 6.45) is 3.64. The molecule has 0 atom stereocenters. The van der Waals surface area contributed by atoms with Gasteiger partial charge in [-0.3, -0.25) is 9.55 Å². The van der Waals surface area contributed by atoms with Crippen LogP contribution < -0.4 is 0 Å². The Kier molecular flexibility index (Phi) is 4.49. The normalized spacial score (nSPS) is 11.7. The van der Waals surface area contributed by atoms with Gasteiger partial charge in [-0.25, -0.2) is 4.98 Å². The van der Waals surface area contributed by atoms with Crippen molar-refractivity contribution in [2.45, 2.75) is 0 Å². The Morgan fingerprint density at radius 1 is 0.632 bits per heavy atom. The summed E-state index contributed by atoms with van der Waals surface area (Å²) in [6, 6.07) is 40.0. The van der Waals surface area contributed by atoms with Crippen LogP contribution in [-0.4, -0.2) is 14.5 Å². The van der Waals surface area contributed by atoms with Crippen molar-refractivity contribution >= 4 is 43.7 Å². The van der Waals surface area contributed by atoms with E-state index in [0.29, 0.717) is 0 Å². The van der Waals surface area contributed by atoms with Crippen LogP contribution in [0.25, 0.3) is 71.9 Å². The van der Waals surface area contributed by atoms with Gasteiger partial charge in [0.05, 0.1) is 11.7 Å². The number of hydrogen-bond donors (Lipinski definition) is 0. The first-order valence-corrected chi connectivity index (χ1v) is 12.7. The molecule has 3 heterocycles. The number of hydrogen-bond acceptors (Lipinski definition) is 3. The molecule has 178 valence electrons. The van der Waals surface area contributed by atoms with Crippen LogP contribution in [0.1, 0.15) is 0 Å². The summed E-state index contributed by atoms with van der Waals surface area (Å²) in [7, 11) is 0. The number of rotatable bonds is 3. The maximum absolute atomic E-state index is 6.46. The number of nitrogens with zero attached hydrogens (tertiary/aromatic N) is 3. The Bertz CT molecular complexity index is 2120. The van der Waals surface area contributed by atoms with Gasteiger partial charge < -0.3 is 4.42 Å². The maximum atomic E-state index is 6.46. The van der Waals surface area contributed by atoms with Gasteiger partial charge in [0.1, 0.15) is 22.5 Å². The predicted molar refractivity (Wildman–Crippen MR) is 155 cm³/mol. The van der Waals surface area contributed by atoms with Crippen molar-refractivity contribution in [2.75, 3.05) is 0 Å². The second-order valence-corrected chi connectivity index (χ2v) is 9.50. The minimum atomic E-state index is 0.869. The summed E-state index contributed by atoms with van der Waals surface area (Å²) >= 11 is 0. The third kappa shape index (κ3) is 3.10. The first kappa shape index (κ1) is 20.9. The highest BCUT2D eigenvalue weighted by atomic mass is 16.3. The maximum Gasteiger partial charge on any atom is 0.145 e. The molecule has 0 spiro atoms. The Labute approximate surface area is 218 Å². The standard InChI is InChI=1S/C34H21N3O/c1-2-8-23(9-3-1)34-36-29-21-35-19-18-30(29)37(34)25-16-14-22(15-17-25)32-26-11-5-4-10-24(26)20-28-27-12-6-7-13-31(27)38-33(28)32/h1-21H. The van der Waals surface area contributed by atoms with Gasteiger partial charge in [0.15, 0.2) is 0 Å². The molecular weight excluding hydrogens is 466 g/mol. The van der Waals surface area contributed by atoms with E-state index >= 15 is 0 Å². The molecule has 0 unspecified atom stereocenters. The zero-order valence-corrected chi connectivity index (χ0v) is 20.4. The first-order chi connectivity index (χ1) is 18.8. The largest absolute Gasteiger partial charge is 0.455 e. The van der Waals surface area contributed by atoms with Gasteiger partial charge in [-0.1, -0.05) is 84.9 Å². The lowest BCUT2D eigenvalue weighted by molar-refractivity contribution is 0.670. The minimum Gasteiger partial charge on any atom is -0.455 e. The topological polar surface area (TPSA) is 43.9 Å². The van der Waals surface area contributed by atoms with E-state index in [1.807, 2.05) is 48.8 Å². The molecule has 0 amide bonds. The Hall–Kier alpha value is -5.22. The third-order valence-electron chi connectivity index (χ3n) is 7.29. The van der Waals surface area contributed by atoms with Crippen molar-refractivity contribution in [3.63, 3.8) is 0 Å². The molecule has 0 N–H and O–H groups in total. The van der Waals surface area contributed by atoms with E-state index in [1.165, 1.54) is 10.8 Å². The molecule has 0 saturated heterocycles. The number of fused-ring (bicyclic) bond motifs is 5. The summed E-state index contributed by atoms with van der Waals surface area (Å²) in [5, 5.41) is 4.65. The summed E-state index contributed by atoms with van der Waals surface area (Å²) in [5.74, 6) is 0.895. The van der Waals surface area contributed by atoms with Gasteiger partial charge >= 0.3 is 0 Å². The molecule has 8 aromatic rings. The molecule has 0 bridgehead atoms. The SMILES string of the molecule is c1ccc(-c2nc3cnccc3n2-c2ccc(-c3c4ccccc4cc4c3oc3ccccc34)cc2)cc1. The predicted octanol–water partition coefficient (Wildman–Crippen LogP) is 8.81. The number of aromatic nitrogens is 3. The lowest BCUT2D eigenvalue weighted by atomic mass is 9.95. The number of furan rings is 1. The zero-order chi connectivity index (χ0) is 25.1. The summed E-state index contributed by atoms with van der Waals surface area (Å²) in [5.41, 5.74) is 8.05. The summed E-state index contributed by atoms with van der Waals surface area (Å²) in [6.45, 7) is 0. The number of imidazole rings is 1. The van der Waals surface area contributed by atoms with Gasteiger partial charge in [0.2, 0.25) is 0 Å². The summed E-state index contributed by atoms with van der Waals surface area (Å²) in [4.78, 5) is 9.23. The van der Waals surface area contributed by atoms with Crippen molar-refractivity contribution in [3.8, 4) is 28.2 Å². The number of pyridine rings is 1. The average molecular weight is 488 g/mol. The first-order valence-electron chi connectivity index (χ1n) is 12.7. The third-order valence-corrected chi connectivity index (χ3v) is 7.29. The highest BCUT2D eigenvalue weighted by Gasteiger charge is 2.18. The molecule has 0 aliphatic rings. The van der Waals surface area contributed by atoms with Gasteiger partial charge in [-0.15, -0.1) is 0 Å². The molecule has 0 aliphatic heterocycles. The van der Waals surface area contributed by atoms with Crippen molar-refractivity contribution in [3.05, 3.63) is 128 Å². The van der Waals surface area contributed by atoms with E-state index in [1.54, 1.807) is 0 Å². The molecule has 4 nitrogen and oxygen atoms in total. The Morgan fingerprint density at radius 2 is 1.39 bits per heavy atom. The van der Waals surface area contributed by atoms with Crippen LogP contribution in [0.4, 0.5) is 0 Å². The van der Waals surface area contributed by atoms with Gasteiger partial charge in [0, 0.05) is 33.8 Å². The van der Waals surface area contributed by atoms with E-state index in [2.05, 4.69) is 88.4 Å². The van der Waals surface area contributed by atoms with Crippen LogP contribution in [0.5, 0.6) is 0 Å². The fourth-order valence-electron chi connectivity index (χ4n) is 5.56. The van der Waals surface area contributed by atoms with E-state index in [4.69, 9.17) is 9.40 Å². The van der Waals surface area contributed by atoms with Crippen LogP contribution in [0.2, 0.25) is 0 Å². The second kappa shape index (κ2) is 8.15. The molecule has 0 radical (unpaired) electrons. The van der Waals surface area contributed by atoms with Crippen molar-refractivity contribution < 1.29 is 4.42 Å².